The van der Waals surface area contributed by atoms with E-state index in [1.54, 1.807) is 38.2 Å². The third-order valence-electron chi connectivity index (χ3n) is 4.04. The Bertz CT molecular complexity index is 808. The third kappa shape index (κ3) is 8.51. The smallest absolute Gasteiger partial charge is 0.253 e. The zero-order valence-electron chi connectivity index (χ0n) is 16.9. The molecule has 2 aromatic carbocycles. The molecule has 0 saturated carbocycles. The van der Waals surface area contributed by atoms with Gasteiger partial charge in [-0.25, -0.2) is 0 Å². The van der Waals surface area contributed by atoms with Crippen LogP contribution in [0.5, 0.6) is 0 Å². The Balaban J connectivity index is 0.00000420. The monoisotopic (exact) mass is 509 g/mol. The second kappa shape index (κ2) is 12.8. The van der Waals surface area contributed by atoms with Crippen LogP contribution in [0.3, 0.4) is 0 Å². The molecule has 0 aromatic heterocycles. The summed E-state index contributed by atoms with van der Waals surface area (Å²) in [5.74, 6) is 0.389. The number of aliphatic imine (C=N–C) groups is 1. The van der Waals surface area contributed by atoms with Crippen molar-refractivity contribution in [1.82, 2.24) is 20.9 Å². The number of carbonyl (C=O) groups excluding carboxylic acids is 2. The second-order valence-corrected chi connectivity index (χ2v) is 6.44. The van der Waals surface area contributed by atoms with E-state index in [1.165, 1.54) is 0 Å². The Morgan fingerprint density at radius 2 is 1.45 bits per heavy atom. The summed E-state index contributed by atoms with van der Waals surface area (Å²) in [5.41, 5.74) is 2.70. The van der Waals surface area contributed by atoms with E-state index >= 15 is 0 Å². The minimum atomic E-state index is -0.113. The zero-order chi connectivity index (χ0) is 20.4. The standard InChI is InChI=1S/C21H27N5O2.HI/c1-22-21(25-15-19(27)23-13-16-7-5-4-6-8-16)24-14-17-9-11-18(12-10-17)20(28)26(2)3;/h4-12H,13-15H2,1-3H3,(H,23,27)(H2,22,24,25);1H. The molecule has 0 heterocycles. The number of guanidine groups is 1. The van der Waals surface area contributed by atoms with E-state index < -0.39 is 0 Å². The molecule has 0 bridgehead atoms. The zero-order valence-corrected chi connectivity index (χ0v) is 19.3. The molecule has 0 radical (unpaired) electrons. The molecule has 0 unspecified atom stereocenters. The molecule has 8 heteroatoms. The minimum absolute atomic E-state index is 0. The SMILES string of the molecule is CN=C(NCC(=O)NCc1ccccc1)NCc1ccc(C(=O)N(C)C)cc1.I. The number of hydrogen-bond acceptors (Lipinski definition) is 3. The molecule has 3 N–H and O–H groups in total. The summed E-state index contributed by atoms with van der Waals surface area (Å²) in [7, 11) is 5.10. The van der Waals surface area contributed by atoms with Crippen LogP contribution < -0.4 is 16.0 Å². The van der Waals surface area contributed by atoms with Gasteiger partial charge in [0.1, 0.15) is 0 Å². The minimum Gasteiger partial charge on any atom is -0.352 e. The van der Waals surface area contributed by atoms with E-state index in [0.717, 1.165) is 11.1 Å². The van der Waals surface area contributed by atoms with Crippen molar-refractivity contribution in [3.63, 3.8) is 0 Å². The molecule has 0 atom stereocenters. The van der Waals surface area contributed by atoms with Crippen LogP contribution in [0.1, 0.15) is 21.5 Å². The fourth-order valence-electron chi connectivity index (χ4n) is 2.45. The van der Waals surface area contributed by atoms with Gasteiger partial charge in [0.25, 0.3) is 5.91 Å². The summed E-state index contributed by atoms with van der Waals surface area (Å²) in [6, 6.07) is 17.1. The van der Waals surface area contributed by atoms with Gasteiger partial charge >= 0.3 is 0 Å². The molecule has 0 fully saturated rings. The van der Waals surface area contributed by atoms with Gasteiger partial charge in [0.2, 0.25) is 5.91 Å². The van der Waals surface area contributed by atoms with Crippen LogP contribution in [-0.2, 0) is 17.9 Å². The highest BCUT2D eigenvalue weighted by molar-refractivity contribution is 14.0. The maximum Gasteiger partial charge on any atom is 0.253 e. The van der Waals surface area contributed by atoms with Crippen molar-refractivity contribution in [2.24, 2.45) is 4.99 Å². The molecular formula is C21H28IN5O2. The molecule has 0 spiro atoms. The average molecular weight is 509 g/mol. The molecule has 0 aliphatic carbocycles. The molecule has 29 heavy (non-hydrogen) atoms. The van der Waals surface area contributed by atoms with Crippen molar-refractivity contribution in [1.29, 1.82) is 0 Å². The topological polar surface area (TPSA) is 85.8 Å². The number of nitrogens with one attached hydrogen (secondary N) is 3. The lowest BCUT2D eigenvalue weighted by atomic mass is 10.1. The molecule has 0 aliphatic heterocycles. The van der Waals surface area contributed by atoms with Crippen LogP contribution in [0.15, 0.2) is 59.6 Å². The number of carbonyl (C=O) groups is 2. The van der Waals surface area contributed by atoms with Gasteiger partial charge in [0.15, 0.2) is 5.96 Å². The normalized spacial score (nSPS) is 10.5. The molecule has 2 amide bonds. The van der Waals surface area contributed by atoms with E-state index in [4.69, 9.17) is 0 Å². The molecule has 2 rings (SSSR count). The highest BCUT2D eigenvalue weighted by Gasteiger charge is 2.08. The Morgan fingerprint density at radius 1 is 0.862 bits per heavy atom. The number of benzene rings is 2. The summed E-state index contributed by atoms with van der Waals surface area (Å²) in [6.45, 7) is 1.15. The van der Waals surface area contributed by atoms with Gasteiger partial charge in [-0.15, -0.1) is 24.0 Å². The van der Waals surface area contributed by atoms with E-state index in [9.17, 15) is 9.59 Å². The Kier molecular flexibility index (Phi) is 10.7. The fourth-order valence-corrected chi connectivity index (χ4v) is 2.45. The fraction of sp³-hybridized carbons (Fsp3) is 0.286. The Hall–Kier alpha value is -2.62. The van der Waals surface area contributed by atoms with Gasteiger partial charge in [-0.05, 0) is 23.3 Å². The maximum absolute atomic E-state index is 12.0. The summed E-state index contributed by atoms with van der Waals surface area (Å²) in [4.78, 5) is 29.5. The van der Waals surface area contributed by atoms with Crippen molar-refractivity contribution in [2.45, 2.75) is 13.1 Å². The lowest BCUT2D eigenvalue weighted by Gasteiger charge is -2.13. The number of halogens is 1. The molecule has 0 aliphatic rings. The highest BCUT2D eigenvalue weighted by Crippen LogP contribution is 2.06. The maximum atomic E-state index is 12.0. The van der Waals surface area contributed by atoms with Crippen LogP contribution in [0.2, 0.25) is 0 Å². The number of amides is 2. The Labute approximate surface area is 189 Å². The highest BCUT2D eigenvalue weighted by atomic mass is 127. The first kappa shape index (κ1) is 24.4. The second-order valence-electron chi connectivity index (χ2n) is 6.44. The number of nitrogens with zero attached hydrogens (tertiary/aromatic N) is 2. The van der Waals surface area contributed by atoms with E-state index in [2.05, 4.69) is 20.9 Å². The molecule has 156 valence electrons. The van der Waals surface area contributed by atoms with Crippen molar-refractivity contribution < 1.29 is 9.59 Å². The van der Waals surface area contributed by atoms with Crippen LogP contribution >= 0.6 is 24.0 Å². The molecule has 2 aromatic rings. The van der Waals surface area contributed by atoms with Gasteiger partial charge in [-0.1, -0.05) is 42.5 Å². The quantitative estimate of drug-likeness (QED) is 0.303. The van der Waals surface area contributed by atoms with Crippen molar-refractivity contribution in [2.75, 3.05) is 27.7 Å². The predicted octanol–water partition coefficient (Wildman–Crippen LogP) is 1.99. The van der Waals surface area contributed by atoms with E-state index in [1.807, 2.05) is 42.5 Å². The van der Waals surface area contributed by atoms with E-state index in [-0.39, 0.29) is 42.3 Å². The summed E-state index contributed by atoms with van der Waals surface area (Å²) < 4.78 is 0. The van der Waals surface area contributed by atoms with Crippen LogP contribution in [0.4, 0.5) is 0 Å². The Morgan fingerprint density at radius 3 is 2.03 bits per heavy atom. The first-order valence-corrected chi connectivity index (χ1v) is 9.05. The van der Waals surface area contributed by atoms with Crippen LogP contribution in [0, 0.1) is 0 Å². The summed E-state index contributed by atoms with van der Waals surface area (Å²) in [5, 5.41) is 8.99. The first-order chi connectivity index (χ1) is 13.5. The van der Waals surface area contributed by atoms with Crippen molar-refractivity contribution in [3.8, 4) is 0 Å². The van der Waals surface area contributed by atoms with Gasteiger partial charge in [-0.2, -0.15) is 0 Å². The third-order valence-corrected chi connectivity index (χ3v) is 4.04. The largest absolute Gasteiger partial charge is 0.352 e. The summed E-state index contributed by atoms with van der Waals surface area (Å²) >= 11 is 0. The predicted molar refractivity (Wildman–Crippen MR) is 126 cm³/mol. The summed E-state index contributed by atoms with van der Waals surface area (Å²) in [6.07, 6.45) is 0. The van der Waals surface area contributed by atoms with Gasteiger partial charge in [0, 0.05) is 39.8 Å². The number of hydrogen-bond donors (Lipinski definition) is 3. The van der Waals surface area contributed by atoms with Crippen LogP contribution in [-0.4, -0.2) is 50.4 Å². The molecule has 0 saturated heterocycles. The lowest BCUT2D eigenvalue weighted by Crippen LogP contribution is -2.42. The first-order valence-electron chi connectivity index (χ1n) is 9.05. The van der Waals surface area contributed by atoms with Crippen molar-refractivity contribution in [3.05, 3.63) is 71.3 Å². The van der Waals surface area contributed by atoms with Gasteiger partial charge in [-0.3, -0.25) is 14.6 Å². The van der Waals surface area contributed by atoms with Crippen molar-refractivity contribution >= 4 is 41.8 Å². The molecular weight excluding hydrogens is 481 g/mol. The average Bonchev–Trinajstić information content (AvgIpc) is 2.73. The lowest BCUT2D eigenvalue weighted by molar-refractivity contribution is -0.120. The van der Waals surface area contributed by atoms with Gasteiger partial charge in [0.05, 0.1) is 6.54 Å². The van der Waals surface area contributed by atoms with Gasteiger partial charge < -0.3 is 20.9 Å². The molecule has 7 nitrogen and oxygen atoms in total. The van der Waals surface area contributed by atoms with E-state index in [0.29, 0.717) is 24.6 Å². The number of rotatable bonds is 7. The van der Waals surface area contributed by atoms with Crippen LogP contribution in [0.25, 0.3) is 0 Å².